The largest absolute Gasteiger partial charge is 0.494 e. The molecule has 1 atom stereocenters. The van der Waals surface area contributed by atoms with Gasteiger partial charge in [0.1, 0.15) is 24.1 Å². The van der Waals surface area contributed by atoms with Gasteiger partial charge in [-0.3, -0.25) is 14.3 Å². The van der Waals surface area contributed by atoms with Crippen molar-refractivity contribution in [1.29, 1.82) is 0 Å². The van der Waals surface area contributed by atoms with E-state index >= 15 is 0 Å². The fourth-order valence-corrected chi connectivity index (χ4v) is 4.57. The van der Waals surface area contributed by atoms with Crippen molar-refractivity contribution in [3.63, 3.8) is 0 Å². The highest BCUT2D eigenvalue weighted by Crippen LogP contribution is 2.31. The second-order valence-electron chi connectivity index (χ2n) is 9.56. The van der Waals surface area contributed by atoms with Crippen molar-refractivity contribution >= 4 is 0 Å². The average molecular weight is 520 g/mol. The Morgan fingerprint density at radius 3 is 2.34 bits per heavy atom. The van der Waals surface area contributed by atoms with Gasteiger partial charge in [0.05, 0.1) is 17.7 Å². The Kier molecular flexibility index (Phi) is 8.32. The van der Waals surface area contributed by atoms with Gasteiger partial charge in [0.2, 0.25) is 5.88 Å². The quantitative estimate of drug-likeness (QED) is 0.289. The third-order valence-electron chi connectivity index (χ3n) is 6.44. The van der Waals surface area contributed by atoms with Crippen molar-refractivity contribution in [2.45, 2.75) is 59.3 Å². The van der Waals surface area contributed by atoms with E-state index in [1.807, 2.05) is 58.0 Å². The highest BCUT2D eigenvalue weighted by Gasteiger charge is 2.24. The van der Waals surface area contributed by atoms with Gasteiger partial charge in [0.25, 0.3) is 5.56 Å². The van der Waals surface area contributed by atoms with Crippen LogP contribution in [0.15, 0.2) is 65.7 Å². The minimum Gasteiger partial charge on any atom is -0.494 e. The lowest BCUT2D eigenvalue weighted by Gasteiger charge is -2.25. The molecule has 2 heterocycles. The molecule has 2 aromatic carbocycles. The van der Waals surface area contributed by atoms with E-state index in [2.05, 4.69) is 9.97 Å². The van der Waals surface area contributed by atoms with Crippen LogP contribution in [0, 0.1) is 18.6 Å². The van der Waals surface area contributed by atoms with E-state index in [9.17, 15) is 18.7 Å². The van der Waals surface area contributed by atoms with Crippen LogP contribution in [-0.4, -0.2) is 25.7 Å². The Hall–Kier alpha value is -3.91. The molecule has 0 saturated heterocycles. The van der Waals surface area contributed by atoms with Crippen LogP contribution in [0.1, 0.15) is 61.3 Å². The fourth-order valence-electron chi connectivity index (χ4n) is 4.57. The summed E-state index contributed by atoms with van der Waals surface area (Å²) in [6.45, 7) is 7.45. The van der Waals surface area contributed by atoms with Gasteiger partial charge in [-0.05, 0) is 73.2 Å². The van der Waals surface area contributed by atoms with Crippen molar-refractivity contribution in [3.05, 3.63) is 111 Å². The number of pyridine rings is 1. The van der Waals surface area contributed by atoms with Gasteiger partial charge < -0.3 is 9.84 Å². The van der Waals surface area contributed by atoms with Crippen LogP contribution >= 0.6 is 0 Å². The molecule has 198 valence electrons. The van der Waals surface area contributed by atoms with E-state index in [1.54, 1.807) is 12.4 Å². The molecule has 2 aromatic heterocycles. The third-order valence-corrected chi connectivity index (χ3v) is 6.44. The van der Waals surface area contributed by atoms with E-state index in [4.69, 9.17) is 4.74 Å². The molecule has 1 N–H and O–H groups in total. The van der Waals surface area contributed by atoms with Crippen LogP contribution in [0.4, 0.5) is 8.78 Å². The van der Waals surface area contributed by atoms with E-state index in [1.165, 1.54) is 16.7 Å². The number of ether oxygens (including phenoxy) is 1. The maximum atomic E-state index is 14.1. The maximum Gasteiger partial charge on any atom is 0.280 e. The molecule has 0 amide bonds. The van der Waals surface area contributed by atoms with Gasteiger partial charge in [-0.15, -0.1) is 0 Å². The van der Waals surface area contributed by atoms with Crippen molar-refractivity contribution in [2.24, 2.45) is 0 Å². The van der Waals surface area contributed by atoms with E-state index in [-0.39, 0.29) is 36.4 Å². The van der Waals surface area contributed by atoms with Crippen molar-refractivity contribution < 1.29 is 18.6 Å². The molecule has 0 aliphatic heterocycles. The van der Waals surface area contributed by atoms with Crippen LogP contribution < -0.4 is 5.56 Å². The molecule has 0 aliphatic rings. The van der Waals surface area contributed by atoms with Crippen molar-refractivity contribution in [2.75, 3.05) is 0 Å². The van der Waals surface area contributed by atoms with Gasteiger partial charge >= 0.3 is 0 Å². The van der Waals surface area contributed by atoms with Crippen LogP contribution in [0.5, 0.6) is 5.88 Å². The first-order valence-corrected chi connectivity index (χ1v) is 12.6. The summed E-state index contributed by atoms with van der Waals surface area (Å²) in [7, 11) is 0. The number of hydrogen-bond donors (Lipinski definition) is 1. The molecule has 0 fully saturated rings. The maximum absolute atomic E-state index is 14.1. The summed E-state index contributed by atoms with van der Waals surface area (Å²) in [5.41, 5.74) is 3.76. The molecule has 0 bridgehead atoms. The molecule has 38 heavy (non-hydrogen) atoms. The second-order valence-corrected chi connectivity index (χ2v) is 9.56. The zero-order valence-corrected chi connectivity index (χ0v) is 21.9. The summed E-state index contributed by atoms with van der Waals surface area (Å²) in [5.74, 6) is -1.56. The molecule has 0 radical (unpaired) electrons. The summed E-state index contributed by atoms with van der Waals surface area (Å²) in [6, 6.07) is 12.2. The van der Waals surface area contributed by atoms with Gasteiger partial charge in [0, 0.05) is 24.9 Å². The number of rotatable bonds is 9. The number of benzene rings is 2. The predicted octanol–water partition coefficient (Wildman–Crippen LogP) is 6.11. The van der Waals surface area contributed by atoms with Crippen molar-refractivity contribution in [1.82, 2.24) is 14.5 Å². The smallest absolute Gasteiger partial charge is 0.280 e. The molecule has 8 heteroatoms. The van der Waals surface area contributed by atoms with Crippen LogP contribution in [0.25, 0.3) is 11.1 Å². The Morgan fingerprint density at radius 1 is 1.05 bits per heavy atom. The first-order chi connectivity index (χ1) is 18.2. The third kappa shape index (κ3) is 5.97. The summed E-state index contributed by atoms with van der Waals surface area (Å²) in [4.78, 5) is 21.5. The van der Waals surface area contributed by atoms with Gasteiger partial charge in [-0.1, -0.05) is 31.2 Å². The Morgan fingerprint density at radius 2 is 1.74 bits per heavy atom. The van der Waals surface area contributed by atoms with Gasteiger partial charge in [-0.25, -0.2) is 8.78 Å². The Labute approximate surface area is 220 Å². The van der Waals surface area contributed by atoms with Crippen molar-refractivity contribution in [3.8, 4) is 17.0 Å². The lowest BCUT2D eigenvalue weighted by Crippen LogP contribution is -2.26. The van der Waals surface area contributed by atoms with Gasteiger partial charge in [-0.2, -0.15) is 4.98 Å². The average Bonchev–Trinajstić information content (AvgIpc) is 2.87. The SMILES string of the molecule is CC[C@@H](c1cc(F)cc(F)c1)n1c(COC(C)C)nc(=O)c(Cc2ccc(-c3ccncc3C)cc2)c1O. The van der Waals surface area contributed by atoms with Crippen LogP contribution in [-0.2, 0) is 17.8 Å². The number of hydrogen-bond acceptors (Lipinski definition) is 5. The second kappa shape index (κ2) is 11.6. The summed E-state index contributed by atoms with van der Waals surface area (Å²) in [5, 5.41) is 11.4. The normalized spacial score (nSPS) is 12.2. The summed E-state index contributed by atoms with van der Waals surface area (Å²) >= 11 is 0. The molecule has 0 aliphatic carbocycles. The predicted molar refractivity (Wildman–Crippen MR) is 142 cm³/mol. The molecule has 0 spiro atoms. The minimum absolute atomic E-state index is 0.0466. The lowest BCUT2D eigenvalue weighted by atomic mass is 9.99. The highest BCUT2D eigenvalue weighted by atomic mass is 19.1. The van der Waals surface area contributed by atoms with Crippen LogP contribution in [0.2, 0.25) is 0 Å². The number of aromatic nitrogens is 3. The zero-order valence-electron chi connectivity index (χ0n) is 21.9. The number of halogens is 2. The first-order valence-electron chi connectivity index (χ1n) is 12.6. The lowest BCUT2D eigenvalue weighted by molar-refractivity contribution is 0.0573. The highest BCUT2D eigenvalue weighted by molar-refractivity contribution is 5.66. The first kappa shape index (κ1) is 27.1. The topological polar surface area (TPSA) is 77.2 Å². The molecule has 4 rings (SSSR count). The van der Waals surface area contributed by atoms with Crippen LogP contribution in [0.3, 0.4) is 0 Å². The molecule has 4 aromatic rings. The van der Waals surface area contributed by atoms with Gasteiger partial charge in [0.15, 0.2) is 0 Å². The van der Waals surface area contributed by atoms with E-state index < -0.39 is 23.2 Å². The van der Waals surface area contributed by atoms with E-state index in [0.717, 1.165) is 28.3 Å². The Bertz CT molecular complexity index is 1460. The molecule has 0 unspecified atom stereocenters. The zero-order chi connectivity index (χ0) is 27.4. The standard InChI is InChI=1S/C30H31F2N3O3/c1-5-27(22-13-23(31)15-24(32)14-22)35-28(17-38-18(2)3)34-29(36)26(30(35)37)12-20-6-8-21(9-7-20)25-10-11-33-16-19(25)4/h6-11,13-16,18,27,37H,5,12,17H2,1-4H3/t27-/m0/s1. The Balaban J connectivity index is 1.77. The number of aromatic hydroxyl groups is 1. The molecular formula is C30H31F2N3O3. The fraction of sp³-hybridized carbons (Fsp3) is 0.300. The molecule has 6 nitrogen and oxygen atoms in total. The summed E-state index contributed by atoms with van der Waals surface area (Å²) < 4.78 is 35.4. The number of nitrogens with zero attached hydrogens (tertiary/aromatic N) is 3. The number of aryl methyl sites for hydroxylation is 1. The monoisotopic (exact) mass is 519 g/mol. The van der Waals surface area contributed by atoms with E-state index in [0.29, 0.717) is 12.0 Å². The summed E-state index contributed by atoms with van der Waals surface area (Å²) in [6.07, 6.45) is 3.90. The minimum atomic E-state index is -0.725. The molecular weight excluding hydrogens is 488 g/mol. The molecule has 0 saturated carbocycles.